The van der Waals surface area contributed by atoms with Gasteiger partial charge in [-0.2, -0.15) is 0 Å². The van der Waals surface area contributed by atoms with E-state index in [1.807, 2.05) is 0 Å². The van der Waals surface area contributed by atoms with E-state index in [1.54, 1.807) is 24.5 Å². The zero-order chi connectivity index (χ0) is 8.60. The Morgan fingerprint density at radius 3 is 2.50 bits per heavy atom. The van der Waals surface area contributed by atoms with Crippen LogP contribution in [0.25, 0.3) is 0 Å². The lowest BCUT2D eigenvalue weighted by Crippen LogP contribution is -2.32. The molecule has 2 rings (SSSR count). The average Bonchev–Trinajstić information content (AvgIpc) is 2.85. The molecule has 0 radical (unpaired) electrons. The molecule has 3 heteroatoms. The summed E-state index contributed by atoms with van der Waals surface area (Å²) in [5.74, 6) is 0.0462. The van der Waals surface area contributed by atoms with Crippen LogP contribution in [0.15, 0.2) is 24.5 Å². The highest BCUT2D eigenvalue weighted by Crippen LogP contribution is 2.35. The van der Waals surface area contributed by atoms with Crippen LogP contribution in [0.3, 0.4) is 0 Å². The van der Waals surface area contributed by atoms with E-state index < -0.39 is 5.54 Å². The van der Waals surface area contributed by atoms with Gasteiger partial charge in [0.2, 0.25) is 0 Å². The average molecular weight is 162 g/mol. The summed E-state index contributed by atoms with van der Waals surface area (Å²) in [4.78, 5) is 15.4. The summed E-state index contributed by atoms with van der Waals surface area (Å²) >= 11 is 0. The third-order valence-corrected chi connectivity index (χ3v) is 2.18. The van der Waals surface area contributed by atoms with E-state index in [1.165, 1.54) is 0 Å². The number of ketones is 1. The Labute approximate surface area is 70.6 Å². The number of carbonyl (C=O) groups excluding carboxylic acids is 1. The van der Waals surface area contributed by atoms with Crippen LogP contribution in [0.1, 0.15) is 23.2 Å². The molecule has 1 saturated carbocycles. The zero-order valence-electron chi connectivity index (χ0n) is 6.66. The van der Waals surface area contributed by atoms with Gasteiger partial charge in [-0.15, -0.1) is 0 Å². The molecule has 1 fully saturated rings. The maximum absolute atomic E-state index is 11.6. The fraction of sp³-hybridized carbons (Fsp3) is 0.333. The van der Waals surface area contributed by atoms with Crippen molar-refractivity contribution in [2.24, 2.45) is 5.73 Å². The first-order chi connectivity index (χ1) is 5.72. The lowest BCUT2D eigenvalue weighted by Gasteiger charge is -2.05. The molecule has 0 spiro atoms. The number of rotatable bonds is 2. The van der Waals surface area contributed by atoms with Crippen LogP contribution >= 0.6 is 0 Å². The highest BCUT2D eigenvalue weighted by molar-refractivity contribution is 6.04. The van der Waals surface area contributed by atoms with E-state index in [9.17, 15) is 4.79 Å². The fourth-order valence-electron chi connectivity index (χ4n) is 1.15. The Morgan fingerprint density at radius 2 is 2.00 bits per heavy atom. The van der Waals surface area contributed by atoms with Crippen molar-refractivity contribution in [1.82, 2.24) is 4.98 Å². The molecule has 0 aromatic carbocycles. The number of pyridine rings is 1. The largest absolute Gasteiger partial charge is 0.319 e. The first kappa shape index (κ1) is 7.43. The molecular formula is C9H10N2O. The van der Waals surface area contributed by atoms with Crippen molar-refractivity contribution >= 4 is 5.78 Å². The highest BCUT2D eigenvalue weighted by Gasteiger charge is 2.45. The second kappa shape index (κ2) is 2.38. The normalized spacial score (nSPS) is 18.8. The Kier molecular flexibility index (Phi) is 1.48. The molecule has 62 valence electrons. The molecule has 12 heavy (non-hydrogen) atoms. The third-order valence-electron chi connectivity index (χ3n) is 2.18. The lowest BCUT2D eigenvalue weighted by atomic mass is 10.1. The number of nitrogens with two attached hydrogens (primary N) is 1. The van der Waals surface area contributed by atoms with Gasteiger partial charge in [0.25, 0.3) is 0 Å². The Bertz CT molecular complexity index is 304. The minimum absolute atomic E-state index is 0.0462. The number of nitrogens with zero attached hydrogens (tertiary/aromatic N) is 1. The molecule has 0 atom stereocenters. The van der Waals surface area contributed by atoms with Crippen LogP contribution in [0.4, 0.5) is 0 Å². The van der Waals surface area contributed by atoms with Gasteiger partial charge in [-0.25, -0.2) is 0 Å². The fourth-order valence-corrected chi connectivity index (χ4v) is 1.15. The van der Waals surface area contributed by atoms with Crippen LogP contribution < -0.4 is 5.73 Å². The van der Waals surface area contributed by atoms with E-state index in [0.29, 0.717) is 5.56 Å². The summed E-state index contributed by atoms with van der Waals surface area (Å²) in [5.41, 5.74) is 5.87. The quantitative estimate of drug-likeness (QED) is 0.653. The SMILES string of the molecule is NC1(C(=O)c2ccncc2)CC1. The van der Waals surface area contributed by atoms with Gasteiger partial charge in [0.1, 0.15) is 0 Å². The zero-order valence-corrected chi connectivity index (χ0v) is 6.66. The van der Waals surface area contributed by atoms with Gasteiger partial charge in [0, 0.05) is 18.0 Å². The van der Waals surface area contributed by atoms with Gasteiger partial charge in [-0.1, -0.05) is 0 Å². The van der Waals surface area contributed by atoms with Crippen molar-refractivity contribution in [3.05, 3.63) is 30.1 Å². The van der Waals surface area contributed by atoms with Crippen LogP contribution in [-0.4, -0.2) is 16.3 Å². The van der Waals surface area contributed by atoms with Crippen molar-refractivity contribution in [1.29, 1.82) is 0 Å². The minimum Gasteiger partial charge on any atom is -0.319 e. The van der Waals surface area contributed by atoms with Crippen LogP contribution in [-0.2, 0) is 0 Å². The summed E-state index contributed by atoms with van der Waals surface area (Å²) in [6, 6.07) is 3.41. The smallest absolute Gasteiger partial charge is 0.182 e. The molecule has 0 saturated heterocycles. The topological polar surface area (TPSA) is 56.0 Å². The molecule has 1 aliphatic rings. The molecule has 3 nitrogen and oxygen atoms in total. The molecule has 1 heterocycles. The molecule has 1 aromatic heterocycles. The number of hydrogen-bond acceptors (Lipinski definition) is 3. The molecular weight excluding hydrogens is 152 g/mol. The van der Waals surface area contributed by atoms with Crippen molar-refractivity contribution in [3.8, 4) is 0 Å². The number of Topliss-reactive ketones (excluding diaryl/α,β-unsaturated/α-hetero) is 1. The number of carbonyl (C=O) groups is 1. The molecule has 2 N–H and O–H groups in total. The van der Waals surface area contributed by atoms with E-state index in [0.717, 1.165) is 12.8 Å². The van der Waals surface area contributed by atoms with Gasteiger partial charge < -0.3 is 5.73 Å². The summed E-state index contributed by atoms with van der Waals surface area (Å²) in [6.07, 6.45) is 4.85. The van der Waals surface area contributed by atoms with Crippen LogP contribution in [0, 0.1) is 0 Å². The third kappa shape index (κ3) is 1.12. The second-order valence-corrected chi connectivity index (χ2v) is 3.22. The Balaban J connectivity index is 2.26. The molecule has 0 amide bonds. The molecule has 0 bridgehead atoms. The summed E-state index contributed by atoms with van der Waals surface area (Å²) in [6.45, 7) is 0. The summed E-state index contributed by atoms with van der Waals surface area (Å²) in [7, 11) is 0. The number of hydrogen-bond donors (Lipinski definition) is 1. The first-order valence-electron chi connectivity index (χ1n) is 3.96. The maximum atomic E-state index is 11.6. The van der Waals surface area contributed by atoms with E-state index in [-0.39, 0.29) is 5.78 Å². The Morgan fingerprint density at radius 1 is 1.42 bits per heavy atom. The van der Waals surface area contributed by atoms with Crippen molar-refractivity contribution in [2.45, 2.75) is 18.4 Å². The van der Waals surface area contributed by atoms with Gasteiger partial charge >= 0.3 is 0 Å². The van der Waals surface area contributed by atoms with E-state index in [2.05, 4.69) is 4.98 Å². The minimum atomic E-state index is -0.554. The van der Waals surface area contributed by atoms with Crippen LogP contribution in [0.5, 0.6) is 0 Å². The maximum Gasteiger partial charge on any atom is 0.182 e. The Hall–Kier alpha value is -1.22. The first-order valence-corrected chi connectivity index (χ1v) is 3.96. The monoisotopic (exact) mass is 162 g/mol. The van der Waals surface area contributed by atoms with E-state index >= 15 is 0 Å². The van der Waals surface area contributed by atoms with Gasteiger partial charge in [-0.05, 0) is 25.0 Å². The van der Waals surface area contributed by atoms with Crippen molar-refractivity contribution in [3.63, 3.8) is 0 Å². The summed E-state index contributed by atoms with van der Waals surface area (Å²) in [5, 5.41) is 0. The molecule has 0 aliphatic heterocycles. The predicted molar refractivity (Wildman–Crippen MR) is 44.7 cm³/mol. The van der Waals surface area contributed by atoms with Crippen molar-refractivity contribution < 1.29 is 4.79 Å². The predicted octanol–water partition coefficient (Wildman–Crippen LogP) is 0.756. The standard InChI is InChI=1S/C9H10N2O/c10-9(3-4-9)8(12)7-1-5-11-6-2-7/h1-2,5-6H,3-4,10H2. The van der Waals surface area contributed by atoms with Crippen LogP contribution in [0.2, 0.25) is 0 Å². The molecule has 1 aliphatic carbocycles. The van der Waals surface area contributed by atoms with Gasteiger partial charge in [0.15, 0.2) is 5.78 Å². The highest BCUT2D eigenvalue weighted by atomic mass is 16.1. The van der Waals surface area contributed by atoms with Gasteiger partial charge in [0.05, 0.1) is 5.54 Å². The van der Waals surface area contributed by atoms with Crippen molar-refractivity contribution in [2.75, 3.05) is 0 Å². The van der Waals surface area contributed by atoms with E-state index in [4.69, 9.17) is 5.73 Å². The summed E-state index contributed by atoms with van der Waals surface area (Å²) < 4.78 is 0. The lowest BCUT2D eigenvalue weighted by molar-refractivity contribution is 0.0949. The number of aromatic nitrogens is 1. The molecule has 1 aromatic rings. The second-order valence-electron chi connectivity index (χ2n) is 3.22. The molecule has 0 unspecified atom stereocenters. The van der Waals surface area contributed by atoms with Gasteiger partial charge in [-0.3, -0.25) is 9.78 Å².